The Morgan fingerprint density at radius 2 is 0.704 bits per heavy atom. The number of allylic oxidation sites excluding steroid dienone is 3. The van der Waals surface area contributed by atoms with Crippen molar-refractivity contribution in [3.8, 4) is 0 Å². The molecule has 0 aliphatic carbocycles. The van der Waals surface area contributed by atoms with Crippen molar-refractivity contribution in [2.75, 3.05) is 13.2 Å². The van der Waals surface area contributed by atoms with Crippen molar-refractivity contribution in [1.82, 2.24) is 5.32 Å². The van der Waals surface area contributed by atoms with Crippen LogP contribution >= 0.6 is 0 Å². The van der Waals surface area contributed by atoms with Crippen LogP contribution in [0.2, 0.25) is 0 Å². The molecule has 1 amide bonds. The molecule has 1 aliphatic heterocycles. The van der Waals surface area contributed by atoms with Crippen LogP contribution in [-0.4, -0.2) is 87.5 Å². The number of unbranched alkanes of at least 4 members (excludes halogenated alkanes) is 52. The number of carbonyl (C=O) groups excluding carboxylic acids is 1. The quantitative estimate of drug-likeness (QED) is 0.0261. The van der Waals surface area contributed by atoms with E-state index >= 15 is 0 Å². The van der Waals surface area contributed by atoms with E-state index in [4.69, 9.17) is 9.47 Å². The van der Waals surface area contributed by atoms with E-state index in [1.165, 1.54) is 315 Å². The van der Waals surface area contributed by atoms with Crippen LogP contribution in [0.3, 0.4) is 0 Å². The van der Waals surface area contributed by atoms with Crippen LogP contribution in [0.1, 0.15) is 373 Å². The monoisotopic (exact) mass is 1150 g/mol. The van der Waals surface area contributed by atoms with Crippen LogP contribution in [0.25, 0.3) is 0 Å². The fourth-order valence-corrected chi connectivity index (χ4v) is 11.9. The maximum atomic E-state index is 13.1. The third kappa shape index (κ3) is 50.5. The Hall–Kier alpha value is -1.33. The van der Waals surface area contributed by atoms with E-state index in [1.807, 2.05) is 6.08 Å². The normalized spacial score (nSPS) is 18.4. The maximum absolute atomic E-state index is 13.1. The van der Waals surface area contributed by atoms with Gasteiger partial charge in [0.05, 0.1) is 25.4 Å². The number of hydrogen-bond donors (Lipinski definition) is 6. The highest BCUT2D eigenvalue weighted by Gasteiger charge is 2.44. The molecule has 480 valence electrons. The Labute approximate surface area is 502 Å². The van der Waals surface area contributed by atoms with Crippen LogP contribution in [0.5, 0.6) is 0 Å². The van der Waals surface area contributed by atoms with Gasteiger partial charge in [0, 0.05) is 6.42 Å². The molecular formula is C72H139NO8. The topological polar surface area (TPSA) is 149 Å². The molecule has 7 atom stereocenters. The summed E-state index contributed by atoms with van der Waals surface area (Å²) in [6.07, 6.45) is 74.5. The first-order valence-corrected chi connectivity index (χ1v) is 36.1. The number of aliphatic hydroxyl groups is 5. The molecule has 1 heterocycles. The number of nitrogens with one attached hydrogen (secondary N) is 1. The van der Waals surface area contributed by atoms with Crippen LogP contribution in [0.4, 0.5) is 0 Å². The van der Waals surface area contributed by atoms with Crippen LogP contribution < -0.4 is 5.32 Å². The molecule has 1 saturated heterocycles. The Morgan fingerprint density at radius 3 is 1.04 bits per heavy atom. The van der Waals surface area contributed by atoms with Gasteiger partial charge < -0.3 is 40.3 Å². The number of amides is 1. The van der Waals surface area contributed by atoms with Crippen molar-refractivity contribution in [3.05, 3.63) is 24.3 Å². The van der Waals surface area contributed by atoms with E-state index < -0.39 is 49.5 Å². The van der Waals surface area contributed by atoms with Gasteiger partial charge in [0.15, 0.2) is 6.29 Å². The molecule has 7 unspecified atom stereocenters. The predicted octanol–water partition coefficient (Wildman–Crippen LogP) is 19.6. The lowest BCUT2D eigenvalue weighted by Gasteiger charge is -2.40. The van der Waals surface area contributed by atoms with Crippen molar-refractivity contribution in [1.29, 1.82) is 0 Å². The van der Waals surface area contributed by atoms with Crippen LogP contribution in [0, 0.1) is 0 Å². The molecule has 1 aliphatic rings. The zero-order chi connectivity index (χ0) is 58.6. The lowest BCUT2D eigenvalue weighted by molar-refractivity contribution is -0.302. The van der Waals surface area contributed by atoms with Gasteiger partial charge >= 0.3 is 0 Å². The van der Waals surface area contributed by atoms with Crippen molar-refractivity contribution >= 4 is 5.91 Å². The molecule has 1 rings (SSSR count). The zero-order valence-electron chi connectivity index (χ0n) is 53.8. The minimum Gasteiger partial charge on any atom is -0.394 e. The number of hydrogen-bond acceptors (Lipinski definition) is 8. The van der Waals surface area contributed by atoms with Gasteiger partial charge in [0.2, 0.25) is 5.91 Å². The van der Waals surface area contributed by atoms with E-state index in [9.17, 15) is 30.3 Å². The Bertz CT molecular complexity index is 1330. The highest BCUT2D eigenvalue weighted by atomic mass is 16.7. The highest BCUT2D eigenvalue weighted by molar-refractivity contribution is 5.76. The third-order valence-corrected chi connectivity index (χ3v) is 17.5. The lowest BCUT2D eigenvalue weighted by Crippen LogP contribution is -2.60. The fraction of sp³-hybridized carbons (Fsp3) is 0.931. The second-order valence-electron chi connectivity index (χ2n) is 25.4. The molecule has 0 aromatic carbocycles. The Kier molecular flexibility index (Phi) is 59.2. The number of carbonyl (C=O) groups is 1. The standard InChI is InChI=1S/C72H139NO8/c1-3-5-7-9-11-13-15-17-19-21-23-25-27-29-31-33-34-36-38-40-42-44-46-48-50-52-54-56-58-60-62-68(76)73-65(64-80-72-71(79)70(78)69(77)67(63-74)81-72)66(75)61-59-57-55-53-51-49-47-45-43-41-39-37-35-32-30-28-26-24-22-20-18-16-14-12-10-8-6-4-2/h51,53,59,61,65-67,69-72,74-75,77-79H,3-50,52,54-58,60,62-64H2,1-2H3,(H,73,76)/b53-51+,61-59+. The second kappa shape index (κ2) is 61.7. The van der Waals surface area contributed by atoms with Crippen molar-refractivity contribution in [2.24, 2.45) is 0 Å². The summed E-state index contributed by atoms with van der Waals surface area (Å²) in [7, 11) is 0. The highest BCUT2D eigenvalue weighted by Crippen LogP contribution is 2.24. The van der Waals surface area contributed by atoms with Gasteiger partial charge in [-0.05, 0) is 32.1 Å². The van der Waals surface area contributed by atoms with Crippen molar-refractivity contribution in [2.45, 2.75) is 416 Å². The zero-order valence-corrected chi connectivity index (χ0v) is 53.8. The first-order valence-electron chi connectivity index (χ1n) is 36.1. The Morgan fingerprint density at radius 1 is 0.407 bits per heavy atom. The lowest BCUT2D eigenvalue weighted by atomic mass is 9.99. The maximum Gasteiger partial charge on any atom is 0.220 e. The first-order chi connectivity index (χ1) is 39.8. The molecular weight excluding hydrogens is 1010 g/mol. The van der Waals surface area contributed by atoms with Gasteiger partial charge in [-0.3, -0.25) is 4.79 Å². The van der Waals surface area contributed by atoms with Gasteiger partial charge in [0.1, 0.15) is 24.4 Å². The molecule has 1 fully saturated rings. The third-order valence-electron chi connectivity index (χ3n) is 17.5. The molecule has 0 radical (unpaired) electrons. The minimum atomic E-state index is -1.57. The fourth-order valence-electron chi connectivity index (χ4n) is 11.9. The van der Waals surface area contributed by atoms with E-state index in [0.29, 0.717) is 6.42 Å². The largest absolute Gasteiger partial charge is 0.394 e. The van der Waals surface area contributed by atoms with Crippen LogP contribution in [-0.2, 0) is 14.3 Å². The summed E-state index contributed by atoms with van der Waals surface area (Å²) in [5.74, 6) is -0.177. The number of aliphatic hydroxyl groups excluding tert-OH is 5. The first kappa shape index (κ1) is 77.7. The van der Waals surface area contributed by atoms with Gasteiger partial charge in [-0.25, -0.2) is 0 Å². The molecule has 0 aromatic heterocycles. The van der Waals surface area contributed by atoms with Crippen molar-refractivity contribution < 1.29 is 39.8 Å². The molecule has 9 nitrogen and oxygen atoms in total. The van der Waals surface area contributed by atoms with E-state index in [1.54, 1.807) is 6.08 Å². The molecule has 0 spiro atoms. The molecule has 81 heavy (non-hydrogen) atoms. The Balaban J connectivity index is 2.12. The molecule has 0 bridgehead atoms. The van der Waals surface area contributed by atoms with Crippen molar-refractivity contribution in [3.63, 3.8) is 0 Å². The van der Waals surface area contributed by atoms with Gasteiger partial charge in [-0.15, -0.1) is 0 Å². The average molecular weight is 1150 g/mol. The minimum absolute atomic E-state index is 0.177. The molecule has 0 aromatic rings. The number of ether oxygens (including phenoxy) is 2. The molecule has 0 saturated carbocycles. The summed E-state index contributed by atoms with van der Waals surface area (Å²) in [5, 5.41) is 54.8. The second-order valence-corrected chi connectivity index (χ2v) is 25.4. The summed E-state index contributed by atoms with van der Waals surface area (Å²) in [6.45, 7) is 3.83. The summed E-state index contributed by atoms with van der Waals surface area (Å²) < 4.78 is 11.3. The van der Waals surface area contributed by atoms with Gasteiger partial charge in [0.25, 0.3) is 0 Å². The van der Waals surface area contributed by atoms with E-state index in [0.717, 1.165) is 38.5 Å². The van der Waals surface area contributed by atoms with Gasteiger partial charge in [-0.1, -0.05) is 359 Å². The summed E-state index contributed by atoms with van der Waals surface area (Å²) in [5.41, 5.74) is 0. The van der Waals surface area contributed by atoms with Gasteiger partial charge in [-0.2, -0.15) is 0 Å². The van der Waals surface area contributed by atoms with Crippen LogP contribution in [0.15, 0.2) is 24.3 Å². The molecule has 6 N–H and O–H groups in total. The molecule has 9 heteroatoms. The number of rotatable bonds is 64. The summed E-state index contributed by atoms with van der Waals surface area (Å²) in [6, 6.07) is -0.820. The summed E-state index contributed by atoms with van der Waals surface area (Å²) in [4.78, 5) is 13.1. The van der Waals surface area contributed by atoms with E-state index in [2.05, 4.69) is 31.3 Å². The predicted molar refractivity (Wildman–Crippen MR) is 346 cm³/mol. The average Bonchev–Trinajstić information content (AvgIpc) is 3.47. The summed E-state index contributed by atoms with van der Waals surface area (Å²) >= 11 is 0. The van der Waals surface area contributed by atoms with E-state index in [-0.39, 0.29) is 12.5 Å². The smallest absolute Gasteiger partial charge is 0.220 e. The SMILES string of the molecule is CCCCCCCCCCCCCCCCCCCCCCCC/C=C/CC/C=C/C(O)C(COC1OC(CO)C(O)C(O)C1O)NC(=O)CCCCCCCCCCCCCCCCCCCCCCCCCCCCCCCC.